The van der Waals surface area contributed by atoms with Gasteiger partial charge in [-0.15, -0.1) is 11.3 Å². The highest BCUT2D eigenvalue weighted by Crippen LogP contribution is 2.36. The molecule has 3 heterocycles. The predicted molar refractivity (Wildman–Crippen MR) is 293 cm³/mol. The number of hydrogen-bond donors (Lipinski definition) is 6. The van der Waals surface area contributed by atoms with E-state index in [0.717, 1.165) is 33.5 Å². The lowest BCUT2D eigenvalue weighted by atomic mass is 9.85. The zero-order valence-corrected chi connectivity index (χ0v) is 46.8. The highest BCUT2D eigenvalue weighted by atomic mass is 35.5. The van der Waals surface area contributed by atoms with Gasteiger partial charge in [-0.1, -0.05) is 56.6 Å². The molecule has 1 aliphatic heterocycles. The Labute approximate surface area is 457 Å². The van der Waals surface area contributed by atoms with Crippen LogP contribution in [0, 0.1) is 19.3 Å². The number of aliphatic hydroxyl groups excluding tert-OH is 1. The number of carbonyl (C=O) groups excluding carboxylic acids is 3. The maximum Gasteiger partial charge on any atom is 0.246 e. The maximum atomic E-state index is 14.0. The number of aryl methyl sites for hydroxylation is 2. The Bertz CT molecular complexity index is 2890. The van der Waals surface area contributed by atoms with Gasteiger partial charge in [0.1, 0.15) is 36.1 Å². The van der Waals surface area contributed by atoms with Crippen LogP contribution in [0.3, 0.4) is 0 Å². The predicted octanol–water partition coefficient (Wildman–Crippen LogP) is 6.00. The molecule has 0 spiro atoms. The Morgan fingerprint density at radius 1 is 0.844 bits per heavy atom. The van der Waals surface area contributed by atoms with Crippen molar-refractivity contribution in [2.75, 3.05) is 102 Å². The first kappa shape index (κ1) is 59.9. The molecule has 3 aromatic carbocycles. The minimum Gasteiger partial charge on any atom is -0.497 e. The minimum absolute atomic E-state index is 0.0344. The fourth-order valence-electron chi connectivity index (χ4n) is 7.89. The Kier molecular flexibility index (Phi) is 22.0. The van der Waals surface area contributed by atoms with E-state index in [1.54, 1.807) is 41.1 Å². The van der Waals surface area contributed by atoms with E-state index < -0.39 is 45.4 Å². The molecule has 1 aliphatic rings. The van der Waals surface area contributed by atoms with Crippen LogP contribution in [0.25, 0.3) is 10.4 Å². The Hall–Kier alpha value is -6.38. The van der Waals surface area contributed by atoms with Crippen LogP contribution in [0.15, 0.2) is 66.3 Å². The molecule has 77 heavy (non-hydrogen) atoms. The van der Waals surface area contributed by atoms with E-state index in [1.807, 2.05) is 58.9 Å². The van der Waals surface area contributed by atoms with E-state index >= 15 is 0 Å². The van der Waals surface area contributed by atoms with E-state index in [-0.39, 0.29) is 87.5 Å². The number of nitrogens with one attached hydrogen (secondary N) is 5. The largest absolute Gasteiger partial charge is 0.497 e. The van der Waals surface area contributed by atoms with Crippen LogP contribution in [-0.4, -0.2) is 156 Å². The lowest BCUT2D eigenvalue weighted by molar-refractivity contribution is -0.144. The molecule has 418 valence electrons. The molecule has 0 radical (unpaired) electrons. The molecule has 6 N–H and O–H groups in total. The van der Waals surface area contributed by atoms with Gasteiger partial charge in [-0.25, -0.2) is 18.4 Å². The summed E-state index contributed by atoms with van der Waals surface area (Å²) in [6.45, 7) is 11.2. The van der Waals surface area contributed by atoms with Gasteiger partial charge in [0.25, 0.3) is 0 Å². The summed E-state index contributed by atoms with van der Waals surface area (Å²) in [5.74, 6) is 0.447. The van der Waals surface area contributed by atoms with Gasteiger partial charge in [0.05, 0.1) is 106 Å². The van der Waals surface area contributed by atoms with Crippen LogP contribution in [0.2, 0.25) is 5.02 Å². The smallest absolute Gasteiger partial charge is 0.246 e. The number of ether oxygens (including phenoxy) is 7. The van der Waals surface area contributed by atoms with Gasteiger partial charge >= 0.3 is 0 Å². The van der Waals surface area contributed by atoms with E-state index in [4.69, 9.17) is 44.8 Å². The third-order valence-corrected chi connectivity index (χ3v) is 13.7. The summed E-state index contributed by atoms with van der Waals surface area (Å²) in [4.78, 5) is 56.0. The molecule has 0 saturated carbocycles. The normalized spacial score (nSPS) is 14.9. The molecule has 22 nitrogen and oxygen atoms in total. The first-order valence-electron chi connectivity index (χ1n) is 24.6. The van der Waals surface area contributed by atoms with Gasteiger partial charge in [-0.05, 0) is 54.2 Å². The number of methoxy groups -OCH3 is 2. The number of sulfonamides is 1. The summed E-state index contributed by atoms with van der Waals surface area (Å²) in [6.07, 6.45) is 1.64. The number of rotatable bonds is 29. The number of β-amino-alcohol motifs (C(OH)–C–C–N with tert-alkyl or cyclic N) is 1. The van der Waals surface area contributed by atoms with Crippen molar-refractivity contribution in [3.05, 3.63) is 88.1 Å². The summed E-state index contributed by atoms with van der Waals surface area (Å²) in [5.41, 5.74) is 6.00. The van der Waals surface area contributed by atoms with Crippen molar-refractivity contribution in [1.82, 2.24) is 30.5 Å². The maximum absolute atomic E-state index is 14.0. The number of nitrogens with zero attached hydrogens (tertiary/aromatic N) is 4. The number of anilines is 5. The van der Waals surface area contributed by atoms with Gasteiger partial charge in [0.2, 0.25) is 33.7 Å². The third-order valence-electron chi connectivity index (χ3n) is 11.8. The second-order valence-electron chi connectivity index (χ2n) is 18.9. The van der Waals surface area contributed by atoms with Crippen molar-refractivity contribution in [2.45, 2.75) is 65.8 Å². The molecule has 0 bridgehead atoms. The first-order valence-corrected chi connectivity index (χ1v) is 27.8. The summed E-state index contributed by atoms with van der Waals surface area (Å²) >= 11 is 8.00. The Morgan fingerprint density at radius 3 is 2.14 bits per heavy atom. The van der Waals surface area contributed by atoms with Crippen LogP contribution in [0.5, 0.6) is 17.2 Å². The second kappa shape index (κ2) is 28.3. The summed E-state index contributed by atoms with van der Waals surface area (Å²) in [6, 6.07) is 14.3. The molecular weight excluding hydrogens is 1060 g/mol. The van der Waals surface area contributed by atoms with Crippen LogP contribution in [0.4, 0.5) is 28.8 Å². The molecule has 5 aromatic rings. The molecule has 6 rings (SSSR count). The van der Waals surface area contributed by atoms with Crippen molar-refractivity contribution in [1.29, 1.82) is 0 Å². The Balaban J connectivity index is 0.847. The molecule has 3 atom stereocenters. The molecule has 1 fully saturated rings. The minimum atomic E-state index is -3.62. The first-order chi connectivity index (χ1) is 36.7. The van der Waals surface area contributed by atoms with E-state index in [2.05, 4.69) is 40.9 Å². The quantitative estimate of drug-likeness (QED) is 0.0300. The number of benzene rings is 3. The highest BCUT2D eigenvalue weighted by molar-refractivity contribution is 7.92. The number of aromatic nitrogens is 3. The number of aliphatic hydroxyl groups is 1. The fraction of sp³-hybridized carbons (Fsp3) is 0.462. The summed E-state index contributed by atoms with van der Waals surface area (Å²) in [7, 11) is -0.609. The highest BCUT2D eigenvalue weighted by Gasteiger charge is 2.44. The van der Waals surface area contributed by atoms with Crippen molar-refractivity contribution in [2.24, 2.45) is 5.41 Å². The van der Waals surface area contributed by atoms with Crippen molar-refractivity contribution in [3.8, 4) is 27.7 Å². The van der Waals surface area contributed by atoms with E-state index in [1.165, 1.54) is 31.4 Å². The SMILES string of the molecule is COc1ccc(Nc2nc(Nc3cc(OCCOCCOCCOCCOCC(=O)N[C@H](C(=O)N4C[C@H](O)C[C@H]4C(=O)NCc4ccc(-c5scnc5C)cc4)C(C)(C)C)c(OC)cc3C)ncc2Cl)c(NS(C)(=O)=O)c1. The molecular formula is C52H68ClN9O13S2. The molecule has 2 aromatic heterocycles. The Morgan fingerprint density at radius 2 is 1.52 bits per heavy atom. The van der Waals surface area contributed by atoms with Crippen LogP contribution in [0.1, 0.15) is 44.0 Å². The average Bonchev–Trinajstić information content (AvgIpc) is 4.02. The zero-order valence-electron chi connectivity index (χ0n) is 44.4. The van der Waals surface area contributed by atoms with E-state index in [0.29, 0.717) is 48.4 Å². The fourth-order valence-corrected chi connectivity index (χ4v) is 9.41. The molecule has 3 amide bonds. The molecule has 1 saturated heterocycles. The lowest BCUT2D eigenvalue weighted by Crippen LogP contribution is -2.58. The number of likely N-dealkylation sites (tertiary alicyclic amines) is 1. The van der Waals surface area contributed by atoms with E-state index in [9.17, 15) is 27.9 Å². The van der Waals surface area contributed by atoms with Gasteiger partial charge in [0.15, 0.2) is 17.3 Å². The summed E-state index contributed by atoms with van der Waals surface area (Å²) < 4.78 is 65.8. The molecule has 0 aliphatic carbocycles. The topological polar surface area (TPSA) is 272 Å². The molecule has 25 heteroatoms. The number of amides is 3. The second-order valence-corrected chi connectivity index (χ2v) is 21.9. The van der Waals surface area contributed by atoms with Gasteiger partial charge in [0, 0.05) is 37.3 Å². The van der Waals surface area contributed by atoms with Gasteiger partial charge in [-0.3, -0.25) is 19.1 Å². The standard InChI is InChI=1S/C52H68ClN9O13S2/c1-32-23-43(70-7)44(26-40(32)58-51-55-28-38(53)48(60-51)57-39-14-13-37(69-6)25-41(39)61-77(8,67)68)75-22-21-73-18-17-71-15-16-72-19-20-74-30-45(64)59-47(52(3,4)5)50(66)62-29-36(63)24-42(62)49(65)54-27-34-9-11-35(12-10-34)46-33(2)56-31-76-46/h9-14,23,25-26,28,31,36,42,47,61,63H,15-22,24,27,29-30H2,1-8H3,(H,54,65)(H,59,64)(H2,55,57,58,60)/t36-,42+,47-/m1/s1. The van der Waals surface area contributed by atoms with Crippen molar-refractivity contribution < 1.29 is 61.1 Å². The van der Waals surface area contributed by atoms with Gasteiger partial charge in [-0.2, -0.15) is 4.98 Å². The lowest BCUT2D eigenvalue weighted by Gasteiger charge is -2.35. The number of halogens is 1. The van der Waals surface area contributed by atoms with Crippen LogP contribution < -0.4 is 40.2 Å². The van der Waals surface area contributed by atoms with Crippen LogP contribution >= 0.6 is 22.9 Å². The average molecular weight is 1130 g/mol. The number of hydrogen-bond acceptors (Lipinski definition) is 19. The van der Waals surface area contributed by atoms with Crippen molar-refractivity contribution in [3.63, 3.8) is 0 Å². The van der Waals surface area contributed by atoms with Gasteiger partial charge < -0.3 is 64.4 Å². The number of thiazole rings is 1. The number of carbonyl (C=O) groups is 3. The molecule has 0 unspecified atom stereocenters. The monoisotopic (exact) mass is 1130 g/mol. The van der Waals surface area contributed by atoms with Crippen molar-refractivity contribution >= 4 is 79.5 Å². The van der Waals surface area contributed by atoms with Crippen LogP contribution in [-0.2, 0) is 49.9 Å². The summed E-state index contributed by atoms with van der Waals surface area (Å²) in [5, 5.41) is 22.7. The third kappa shape index (κ3) is 18.1. The zero-order chi connectivity index (χ0) is 55.7.